The number of hydrogen-bond donors (Lipinski definition) is 1. The Hall–Kier alpha value is -1.56. The second-order valence-electron chi connectivity index (χ2n) is 5.29. The van der Waals surface area contributed by atoms with Crippen molar-refractivity contribution in [2.45, 2.75) is 11.6 Å². The normalized spacial score (nSPS) is 14.3. The third-order valence-electron chi connectivity index (χ3n) is 3.76. The second-order valence-corrected chi connectivity index (χ2v) is 7.69. The fraction of sp³-hybridized carbons (Fsp3) is 0.250. The molecule has 110 valence electrons. The summed E-state index contributed by atoms with van der Waals surface area (Å²) in [6.45, 7) is 0.924. The molecule has 0 radical (unpaired) electrons. The zero-order chi connectivity index (χ0) is 14.7. The van der Waals surface area contributed by atoms with Gasteiger partial charge < -0.3 is 14.5 Å². The lowest BCUT2D eigenvalue weighted by molar-refractivity contribution is 0.147. The maximum Gasteiger partial charge on any atom is 0.175 e. The van der Waals surface area contributed by atoms with E-state index in [0.29, 0.717) is 0 Å². The first-order chi connectivity index (χ1) is 10.2. The van der Waals surface area contributed by atoms with Gasteiger partial charge in [0.25, 0.3) is 0 Å². The summed E-state index contributed by atoms with van der Waals surface area (Å²) in [6, 6.07) is 10.2. The molecule has 5 heteroatoms. The van der Waals surface area contributed by atoms with Gasteiger partial charge in [-0.05, 0) is 49.0 Å². The zero-order valence-electron chi connectivity index (χ0n) is 12.3. The summed E-state index contributed by atoms with van der Waals surface area (Å²) in [5.41, 5.74) is 2.09. The van der Waals surface area contributed by atoms with Crippen LogP contribution in [-0.4, -0.2) is 23.8 Å². The molecule has 3 nitrogen and oxygen atoms in total. The average molecular weight is 317 g/mol. The van der Waals surface area contributed by atoms with Crippen LogP contribution in [0.4, 0.5) is 0 Å². The maximum atomic E-state index is 6.45. The van der Waals surface area contributed by atoms with Crippen LogP contribution in [0.25, 0.3) is 11.0 Å². The summed E-state index contributed by atoms with van der Waals surface area (Å²) in [6.07, 6.45) is 2.66. The fourth-order valence-electron chi connectivity index (χ4n) is 2.47. The van der Waals surface area contributed by atoms with Crippen LogP contribution < -0.4 is 10.1 Å². The number of nitrogens with one attached hydrogen (secondary N) is 1. The predicted octanol–water partition coefficient (Wildman–Crippen LogP) is 2.70. The van der Waals surface area contributed by atoms with E-state index in [1.54, 1.807) is 17.6 Å². The molecule has 0 aliphatic carbocycles. The third-order valence-corrected chi connectivity index (χ3v) is 5.73. The monoisotopic (exact) mass is 317 g/mol. The van der Waals surface area contributed by atoms with Gasteiger partial charge >= 0.3 is 0 Å². The van der Waals surface area contributed by atoms with Crippen molar-refractivity contribution in [1.82, 2.24) is 5.32 Å². The summed E-state index contributed by atoms with van der Waals surface area (Å²) >= 11 is 1.71. The Morgan fingerprint density at radius 2 is 2.24 bits per heavy atom. The second kappa shape index (κ2) is 6.05. The van der Waals surface area contributed by atoms with Gasteiger partial charge in [-0.3, -0.25) is 0 Å². The van der Waals surface area contributed by atoms with Gasteiger partial charge in [0.05, 0.1) is 16.5 Å². The molecule has 1 atom stereocenters. The predicted molar refractivity (Wildman–Crippen MR) is 91.3 cm³/mol. The number of furan rings is 1. The third kappa shape index (κ3) is 2.90. The van der Waals surface area contributed by atoms with Gasteiger partial charge in [-0.1, -0.05) is 12.1 Å². The number of rotatable bonds is 6. The van der Waals surface area contributed by atoms with E-state index in [-0.39, 0.29) is 5.22 Å². The average Bonchev–Trinajstić information content (AvgIpc) is 3.16. The molecule has 3 rings (SSSR count). The van der Waals surface area contributed by atoms with Gasteiger partial charge in [0.1, 0.15) is 5.22 Å². The lowest BCUT2D eigenvalue weighted by atomic mass is 10.1. The van der Waals surface area contributed by atoms with Gasteiger partial charge in [-0.25, -0.2) is 0 Å². The van der Waals surface area contributed by atoms with Crippen molar-refractivity contribution in [2.24, 2.45) is 0 Å². The quantitative estimate of drug-likeness (QED) is 0.710. The van der Waals surface area contributed by atoms with E-state index >= 15 is 0 Å². The van der Waals surface area contributed by atoms with Crippen molar-refractivity contribution < 1.29 is 9.15 Å². The Balaban J connectivity index is 1.96. The Morgan fingerprint density at radius 1 is 1.33 bits per heavy atom. The van der Waals surface area contributed by atoms with Crippen LogP contribution in [-0.2, 0) is 5.22 Å². The van der Waals surface area contributed by atoms with E-state index in [9.17, 15) is 0 Å². The van der Waals surface area contributed by atoms with Crippen molar-refractivity contribution >= 4 is 32.5 Å². The van der Waals surface area contributed by atoms with Crippen molar-refractivity contribution in [2.75, 3.05) is 13.6 Å². The van der Waals surface area contributed by atoms with Gasteiger partial charge in [0.15, 0.2) is 11.3 Å². The van der Waals surface area contributed by atoms with E-state index < -0.39 is 0 Å². The van der Waals surface area contributed by atoms with Gasteiger partial charge in [0.2, 0.25) is 0 Å². The number of ether oxygens (including phenoxy) is 1. The molecule has 1 aromatic carbocycles. The molecule has 2 aromatic heterocycles. The molecule has 0 saturated carbocycles. The fourth-order valence-corrected chi connectivity index (χ4v) is 4.24. The number of hydrogen-bond acceptors (Lipinski definition) is 4. The molecule has 3 aromatic rings. The minimum atomic E-state index is -0.232. The van der Waals surface area contributed by atoms with Crippen LogP contribution in [0.1, 0.15) is 12.0 Å². The Labute approximate surface area is 131 Å². The van der Waals surface area contributed by atoms with Crippen LogP contribution in [0.3, 0.4) is 0 Å². The molecule has 0 aliphatic rings. The van der Waals surface area contributed by atoms with Crippen LogP contribution in [0.2, 0.25) is 0 Å². The lowest BCUT2D eigenvalue weighted by Crippen LogP contribution is -2.36. The van der Waals surface area contributed by atoms with Gasteiger partial charge in [-0.2, -0.15) is 11.3 Å². The summed E-state index contributed by atoms with van der Waals surface area (Å²) in [5, 5.41) is 8.37. The first-order valence-corrected chi connectivity index (χ1v) is 9.00. The highest BCUT2D eigenvalue weighted by Crippen LogP contribution is 2.34. The number of thiophene rings is 1. The Kier molecular flexibility index (Phi) is 4.14. The number of para-hydroxylation sites is 1. The molecule has 2 heterocycles. The molecule has 21 heavy (non-hydrogen) atoms. The maximum absolute atomic E-state index is 6.45. The minimum Gasteiger partial charge on any atom is -0.484 e. The molecular weight excluding hydrogens is 298 g/mol. The number of fused-ring (bicyclic) bond motifs is 1. The summed E-state index contributed by atoms with van der Waals surface area (Å²) < 4.78 is 12.0. The Morgan fingerprint density at radius 3 is 3.00 bits per heavy atom. The molecule has 0 spiro atoms. The molecule has 0 fully saturated rings. The Bertz CT molecular complexity index is 710. The number of benzene rings is 1. The summed E-state index contributed by atoms with van der Waals surface area (Å²) in [7, 11) is 2.88. The minimum absolute atomic E-state index is 0.232. The molecular formula is C16H19NO2SSi. The van der Waals surface area contributed by atoms with Crippen molar-refractivity contribution in [1.29, 1.82) is 0 Å². The molecule has 1 unspecified atom stereocenters. The van der Waals surface area contributed by atoms with E-state index in [0.717, 1.165) is 39.9 Å². The molecule has 1 N–H and O–H groups in total. The largest absolute Gasteiger partial charge is 0.484 e. The SMILES string of the molecule is CNCCC([SiH3])(Oc1cccc2ccoc12)c1ccsc1. The van der Waals surface area contributed by atoms with Gasteiger partial charge in [0, 0.05) is 10.9 Å². The first kappa shape index (κ1) is 14.4. The smallest absolute Gasteiger partial charge is 0.175 e. The van der Waals surface area contributed by atoms with E-state index in [1.807, 2.05) is 31.3 Å². The molecule has 0 amide bonds. The van der Waals surface area contributed by atoms with E-state index in [1.165, 1.54) is 5.56 Å². The summed E-state index contributed by atoms with van der Waals surface area (Å²) in [4.78, 5) is 0. The molecule has 0 bridgehead atoms. The van der Waals surface area contributed by atoms with Crippen molar-refractivity contribution in [3.63, 3.8) is 0 Å². The molecule has 0 aliphatic heterocycles. The highest BCUT2D eigenvalue weighted by atomic mass is 32.1. The molecule has 0 saturated heterocycles. The first-order valence-electron chi connectivity index (χ1n) is 7.05. The van der Waals surface area contributed by atoms with Crippen LogP contribution in [0.5, 0.6) is 5.75 Å². The van der Waals surface area contributed by atoms with Crippen molar-refractivity contribution in [3.8, 4) is 5.75 Å². The van der Waals surface area contributed by atoms with Crippen LogP contribution >= 0.6 is 11.3 Å². The van der Waals surface area contributed by atoms with Gasteiger partial charge in [-0.15, -0.1) is 0 Å². The highest BCUT2D eigenvalue weighted by Gasteiger charge is 2.29. The highest BCUT2D eigenvalue weighted by molar-refractivity contribution is 7.08. The van der Waals surface area contributed by atoms with Crippen LogP contribution in [0.15, 0.2) is 51.8 Å². The zero-order valence-corrected chi connectivity index (χ0v) is 15.1. The summed E-state index contributed by atoms with van der Waals surface area (Å²) in [5.74, 6) is 0.829. The van der Waals surface area contributed by atoms with E-state index in [2.05, 4.69) is 22.1 Å². The van der Waals surface area contributed by atoms with Crippen molar-refractivity contribution in [3.05, 3.63) is 52.9 Å². The standard InChI is InChI=1S/C16H19NO2SSi/c1-17-8-7-16(21,13-6-10-20-11-13)19-14-4-2-3-12-5-9-18-15(12)14/h2-6,9-11,17H,7-8H2,1,21H3. The lowest BCUT2D eigenvalue weighted by Gasteiger charge is -2.30. The van der Waals surface area contributed by atoms with E-state index in [4.69, 9.17) is 9.15 Å². The topological polar surface area (TPSA) is 34.4 Å². The van der Waals surface area contributed by atoms with Crippen LogP contribution in [0, 0.1) is 0 Å².